The maximum Gasteiger partial charge on any atom is 0.0850 e. The van der Waals surface area contributed by atoms with Gasteiger partial charge in [0.1, 0.15) is 0 Å². The Morgan fingerprint density at radius 2 is 2.00 bits per heavy atom. The lowest BCUT2D eigenvalue weighted by atomic mass is 9.80. The molecule has 2 aliphatic rings. The normalized spacial score (nSPS) is 32.6. The van der Waals surface area contributed by atoms with Crippen molar-refractivity contribution < 1.29 is 4.74 Å². The van der Waals surface area contributed by atoms with Crippen molar-refractivity contribution in [1.82, 2.24) is 4.90 Å². The number of hydrogen-bond acceptors (Lipinski definition) is 3. The molecule has 110 valence electrons. The number of ether oxygens (including phenoxy) is 1. The van der Waals surface area contributed by atoms with Crippen LogP contribution in [0.5, 0.6) is 0 Å². The first-order valence-corrected chi connectivity index (χ1v) is 7.87. The second-order valence-corrected chi connectivity index (χ2v) is 6.39. The van der Waals surface area contributed by atoms with Crippen LogP contribution in [0.2, 0.25) is 0 Å². The zero-order valence-corrected chi connectivity index (χ0v) is 12.6. The fourth-order valence-electron chi connectivity index (χ4n) is 3.66. The molecule has 4 unspecified atom stereocenters. The quantitative estimate of drug-likeness (QED) is 0.901. The first-order chi connectivity index (χ1) is 9.66. The van der Waals surface area contributed by atoms with Crippen molar-refractivity contribution in [1.29, 1.82) is 0 Å². The molecule has 1 fully saturated rings. The lowest BCUT2D eigenvalue weighted by Gasteiger charge is -2.42. The summed E-state index contributed by atoms with van der Waals surface area (Å²) in [6.07, 6.45) is 2.71. The van der Waals surface area contributed by atoms with Crippen LogP contribution in [0.1, 0.15) is 49.8 Å². The van der Waals surface area contributed by atoms with Crippen molar-refractivity contribution in [3.05, 3.63) is 35.4 Å². The highest BCUT2D eigenvalue weighted by Gasteiger charge is 2.33. The van der Waals surface area contributed by atoms with Crippen molar-refractivity contribution in [3.63, 3.8) is 0 Å². The van der Waals surface area contributed by atoms with E-state index in [4.69, 9.17) is 10.5 Å². The summed E-state index contributed by atoms with van der Waals surface area (Å²) < 4.78 is 5.80. The van der Waals surface area contributed by atoms with Crippen molar-refractivity contribution in [2.24, 2.45) is 5.73 Å². The smallest absolute Gasteiger partial charge is 0.0850 e. The second-order valence-electron chi connectivity index (χ2n) is 6.39. The van der Waals surface area contributed by atoms with E-state index in [1.807, 2.05) is 6.92 Å². The minimum absolute atomic E-state index is 0.107. The monoisotopic (exact) mass is 274 g/mol. The molecule has 1 aliphatic carbocycles. The lowest BCUT2D eigenvalue weighted by Crippen LogP contribution is -2.50. The zero-order valence-electron chi connectivity index (χ0n) is 12.6. The number of benzene rings is 1. The predicted octanol–water partition coefficient (Wildman–Crippen LogP) is 2.67. The fourth-order valence-corrected chi connectivity index (χ4v) is 3.66. The molecular formula is C17H26N2O. The van der Waals surface area contributed by atoms with E-state index >= 15 is 0 Å². The van der Waals surface area contributed by atoms with E-state index in [1.54, 1.807) is 0 Å². The van der Waals surface area contributed by atoms with Crippen LogP contribution >= 0.6 is 0 Å². The van der Waals surface area contributed by atoms with Crippen molar-refractivity contribution >= 4 is 0 Å². The molecule has 0 saturated carbocycles. The Labute approximate surface area is 122 Å². The third kappa shape index (κ3) is 2.62. The molecule has 0 bridgehead atoms. The van der Waals surface area contributed by atoms with Gasteiger partial charge < -0.3 is 10.5 Å². The molecule has 3 heteroatoms. The number of hydrogen-bond donors (Lipinski definition) is 1. The summed E-state index contributed by atoms with van der Waals surface area (Å²) in [6, 6.07) is 9.61. The molecule has 0 amide bonds. The lowest BCUT2D eigenvalue weighted by molar-refractivity contribution is -0.0546. The first kappa shape index (κ1) is 14.1. The molecule has 1 saturated heterocycles. The van der Waals surface area contributed by atoms with Gasteiger partial charge in [-0.1, -0.05) is 31.2 Å². The summed E-state index contributed by atoms with van der Waals surface area (Å²) in [5, 5.41) is 0. The van der Waals surface area contributed by atoms with E-state index in [9.17, 15) is 0 Å². The summed E-state index contributed by atoms with van der Waals surface area (Å²) in [7, 11) is 0. The molecule has 4 atom stereocenters. The van der Waals surface area contributed by atoms with Crippen LogP contribution in [0.15, 0.2) is 24.3 Å². The molecule has 20 heavy (non-hydrogen) atoms. The minimum atomic E-state index is 0.107. The van der Waals surface area contributed by atoms with Crippen molar-refractivity contribution in [2.45, 2.75) is 50.8 Å². The van der Waals surface area contributed by atoms with Crippen LogP contribution in [0, 0.1) is 0 Å². The minimum Gasteiger partial charge on any atom is -0.374 e. The summed E-state index contributed by atoms with van der Waals surface area (Å²) >= 11 is 0. The number of fused-ring (bicyclic) bond motifs is 1. The van der Waals surface area contributed by atoms with Gasteiger partial charge in [0.2, 0.25) is 0 Å². The Balaban J connectivity index is 1.82. The summed E-state index contributed by atoms with van der Waals surface area (Å²) in [6.45, 7) is 7.19. The molecule has 1 heterocycles. The molecule has 1 aromatic rings. The molecular weight excluding hydrogens is 248 g/mol. The summed E-state index contributed by atoms with van der Waals surface area (Å²) in [5.41, 5.74) is 9.08. The predicted molar refractivity (Wildman–Crippen MR) is 81.8 cm³/mol. The first-order valence-electron chi connectivity index (χ1n) is 7.87. The van der Waals surface area contributed by atoms with Crippen molar-refractivity contribution in [2.75, 3.05) is 19.7 Å². The number of nitrogens with zero attached hydrogens (tertiary/aromatic N) is 1. The molecule has 0 spiro atoms. The Morgan fingerprint density at radius 3 is 2.75 bits per heavy atom. The van der Waals surface area contributed by atoms with Crippen LogP contribution in [-0.2, 0) is 4.74 Å². The molecule has 3 nitrogen and oxygen atoms in total. The van der Waals surface area contributed by atoms with Crippen LogP contribution in [0.25, 0.3) is 0 Å². The van der Waals surface area contributed by atoms with Gasteiger partial charge in [0.15, 0.2) is 0 Å². The van der Waals surface area contributed by atoms with E-state index in [1.165, 1.54) is 24.0 Å². The van der Waals surface area contributed by atoms with E-state index < -0.39 is 0 Å². The third-order valence-electron chi connectivity index (χ3n) is 4.91. The highest BCUT2D eigenvalue weighted by atomic mass is 16.5. The molecule has 3 rings (SSSR count). The van der Waals surface area contributed by atoms with E-state index in [2.05, 4.69) is 36.1 Å². The van der Waals surface area contributed by atoms with Gasteiger partial charge in [-0.15, -0.1) is 0 Å². The van der Waals surface area contributed by atoms with Gasteiger partial charge in [0.25, 0.3) is 0 Å². The topological polar surface area (TPSA) is 38.5 Å². The largest absolute Gasteiger partial charge is 0.374 e. The molecule has 1 aliphatic heterocycles. The summed E-state index contributed by atoms with van der Waals surface area (Å²) in [4.78, 5) is 2.59. The summed E-state index contributed by atoms with van der Waals surface area (Å²) in [5.74, 6) is 0.688. The fraction of sp³-hybridized carbons (Fsp3) is 0.647. The van der Waals surface area contributed by atoms with Gasteiger partial charge in [0.05, 0.1) is 12.7 Å². The van der Waals surface area contributed by atoms with Crippen LogP contribution < -0.4 is 5.73 Å². The van der Waals surface area contributed by atoms with Crippen LogP contribution in [-0.4, -0.2) is 36.7 Å². The van der Waals surface area contributed by atoms with Gasteiger partial charge >= 0.3 is 0 Å². The van der Waals surface area contributed by atoms with E-state index in [-0.39, 0.29) is 12.1 Å². The third-order valence-corrected chi connectivity index (χ3v) is 4.91. The Bertz CT molecular complexity index is 460. The molecule has 0 aromatic heterocycles. The van der Waals surface area contributed by atoms with Gasteiger partial charge in [-0.3, -0.25) is 4.90 Å². The maximum absolute atomic E-state index is 6.02. The number of nitrogens with two attached hydrogens (primary N) is 1. The van der Waals surface area contributed by atoms with Crippen LogP contribution in [0.4, 0.5) is 0 Å². The zero-order chi connectivity index (χ0) is 14.1. The van der Waals surface area contributed by atoms with Gasteiger partial charge in [-0.05, 0) is 36.8 Å². The number of rotatable bonds is 2. The molecule has 0 radical (unpaired) electrons. The molecule has 1 aromatic carbocycles. The molecule has 2 N–H and O–H groups in total. The maximum atomic E-state index is 6.02. The highest BCUT2D eigenvalue weighted by Crippen LogP contribution is 2.40. The Morgan fingerprint density at radius 1 is 1.25 bits per heavy atom. The highest BCUT2D eigenvalue weighted by molar-refractivity contribution is 5.35. The average molecular weight is 274 g/mol. The van der Waals surface area contributed by atoms with E-state index in [0.717, 1.165) is 19.7 Å². The van der Waals surface area contributed by atoms with Gasteiger partial charge in [-0.25, -0.2) is 0 Å². The number of morpholine rings is 1. The standard InChI is InChI=1S/C17H26N2O/c1-12-7-8-16(15-6-4-3-5-14(12)15)19-9-10-20-17(11-19)13(2)18/h3-6,12-13,16-17H,7-11,18H2,1-2H3. The second kappa shape index (κ2) is 5.84. The Hall–Kier alpha value is -0.900. The Kier molecular flexibility index (Phi) is 4.11. The van der Waals surface area contributed by atoms with Crippen LogP contribution in [0.3, 0.4) is 0 Å². The average Bonchev–Trinajstić information content (AvgIpc) is 2.48. The SMILES string of the molecule is CC1CCC(N2CCOC(C(C)N)C2)c2ccccc21. The van der Waals surface area contributed by atoms with Gasteiger partial charge in [-0.2, -0.15) is 0 Å². The van der Waals surface area contributed by atoms with Gasteiger partial charge in [0, 0.05) is 25.2 Å². The van der Waals surface area contributed by atoms with E-state index in [0.29, 0.717) is 12.0 Å². The van der Waals surface area contributed by atoms with Crippen molar-refractivity contribution in [3.8, 4) is 0 Å².